The van der Waals surface area contributed by atoms with Crippen LogP contribution in [0.3, 0.4) is 0 Å². The van der Waals surface area contributed by atoms with Crippen LogP contribution in [0.2, 0.25) is 0 Å². The summed E-state index contributed by atoms with van der Waals surface area (Å²) in [5.41, 5.74) is 1.27. The quantitative estimate of drug-likeness (QED) is 0.814. The Kier molecular flexibility index (Phi) is 3.69. The van der Waals surface area contributed by atoms with Crippen LogP contribution in [0.15, 0.2) is 24.5 Å². The first-order valence-electron chi connectivity index (χ1n) is 5.59. The lowest BCUT2D eigenvalue weighted by Crippen LogP contribution is -2.26. The molecule has 3 heteroatoms. The average molecular weight is 206 g/mol. The predicted molar refractivity (Wildman–Crippen MR) is 59.5 cm³/mol. The molecular weight excluding hydrogens is 188 g/mol. The van der Waals surface area contributed by atoms with Crippen molar-refractivity contribution >= 4 is 0 Å². The highest BCUT2D eigenvalue weighted by Crippen LogP contribution is 2.18. The standard InChI is InChI=1S/C12H18N2O/c1-10-2-3-12(15-10)9-14-8-11-4-6-13-7-5-11/h4-7,10,12,14H,2-3,8-9H2,1H3. The summed E-state index contributed by atoms with van der Waals surface area (Å²) < 4.78 is 5.72. The first-order chi connectivity index (χ1) is 7.34. The van der Waals surface area contributed by atoms with Crippen molar-refractivity contribution in [2.75, 3.05) is 6.54 Å². The van der Waals surface area contributed by atoms with Gasteiger partial charge in [-0.05, 0) is 37.5 Å². The molecule has 0 amide bonds. The zero-order chi connectivity index (χ0) is 10.5. The Morgan fingerprint density at radius 3 is 2.87 bits per heavy atom. The fourth-order valence-electron chi connectivity index (χ4n) is 1.91. The van der Waals surface area contributed by atoms with Crippen LogP contribution in [0, 0.1) is 0 Å². The molecule has 1 aliphatic heterocycles. The molecule has 1 aromatic heterocycles. The fraction of sp³-hybridized carbons (Fsp3) is 0.583. The lowest BCUT2D eigenvalue weighted by molar-refractivity contribution is 0.0559. The van der Waals surface area contributed by atoms with Gasteiger partial charge >= 0.3 is 0 Å². The van der Waals surface area contributed by atoms with Crippen LogP contribution in [0.4, 0.5) is 0 Å². The molecule has 0 spiro atoms. The summed E-state index contributed by atoms with van der Waals surface area (Å²) in [6.07, 6.45) is 6.88. The maximum atomic E-state index is 5.72. The molecule has 0 saturated carbocycles. The minimum absolute atomic E-state index is 0.404. The molecule has 0 radical (unpaired) electrons. The van der Waals surface area contributed by atoms with Crippen LogP contribution in [-0.2, 0) is 11.3 Å². The van der Waals surface area contributed by atoms with Crippen molar-refractivity contribution in [3.8, 4) is 0 Å². The van der Waals surface area contributed by atoms with Crippen LogP contribution < -0.4 is 5.32 Å². The summed E-state index contributed by atoms with van der Waals surface area (Å²) in [6, 6.07) is 4.07. The van der Waals surface area contributed by atoms with E-state index < -0.39 is 0 Å². The van der Waals surface area contributed by atoms with E-state index in [2.05, 4.69) is 17.2 Å². The summed E-state index contributed by atoms with van der Waals surface area (Å²) in [4.78, 5) is 3.99. The van der Waals surface area contributed by atoms with E-state index in [1.54, 1.807) is 0 Å². The van der Waals surface area contributed by atoms with E-state index in [9.17, 15) is 0 Å². The molecule has 82 valence electrons. The molecule has 0 aromatic carbocycles. The lowest BCUT2D eigenvalue weighted by Gasteiger charge is -2.11. The molecule has 2 unspecified atom stereocenters. The van der Waals surface area contributed by atoms with E-state index in [1.807, 2.05) is 24.5 Å². The zero-order valence-electron chi connectivity index (χ0n) is 9.15. The van der Waals surface area contributed by atoms with Gasteiger partial charge in [0.25, 0.3) is 0 Å². The minimum atomic E-state index is 0.404. The van der Waals surface area contributed by atoms with Gasteiger partial charge in [-0.15, -0.1) is 0 Å². The Balaban J connectivity index is 1.67. The van der Waals surface area contributed by atoms with Crippen molar-refractivity contribution in [3.05, 3.63) is 30.1 Å². The number of nitrogens with one attached hydrogen (secondary N) is 1. The van der Waals surface area contributed by atoms with E-state index in [-0.39, 0.29) is 0 Å². The number of pyridine rings is 1. The van der Waals surface area contributed by atoms with Gasteiger partial charge in [0.05, 0.1) is 12.2 Å². The third kappa shape index (κ3) is 3.29. The number of hydrogen-bond donors (Lipinski definition) is 1. The SMILES string of the molecule is CC1CCC(CNCc2ccncc2)O1. The molecule has 1 aliphatic rings. The normalized spacial score (nSPS) is 25.7. The van der Waals surface area contributed by atoms with Gasteiger partial charge in [0.2, 0.25) is 0 Å². The van der Waals surface area contributed by atoms with Gasteiger partial charge < -0.3 is 10.1 Å². The topological polar surface area (TPSA) is 34.2 Å². The van der Waals surface area contributed by atoms with Crippen molar-refractivity contribution in [1.29, 1.82) is 0 Å². The van der Waals surface area contributed by atoms with E-state index in [0.29, 0.717) is 12.2 Å². The number of ether oxygens (including phenoxy) is 1. The second kappa shape index (κ2) is 5.24. The van der Waals surface area contributed by atoms with Crippen LogP contribution in [0.5, 0.6) is 0 Å². The second-order valence-electron chi connectivity index (χ2n) is 4.13. The number of aromatic nitrogens is 1. The van der Waals surface area contributed by atoms with Crippen LogP contribution >= 0.6 is 0 Å². The Hall–Kier alpha value is -0.930. The molecule has 1 aromatic rings. The Bertz CT molecular complexity index is 289. The monoisotopic (exact) mass is 206 g/mol. The lowest BCUT2D eigenvalue weighted by atomic mass is 10.2. The van der Waals surface area contributed by atoms with Gasteiger partial charge in [-0.1, -0.05) is 0 Å². The largest absolute Gasteiger partial charge is 0.374 e. The first kappa shape index (κ1) is 10.6. The van der Waals surface area contributed by atoms with Gasteiger partial charge in [-0.3, -0.25) is 4.98 Å². The van der Waals surface area contributed by atoms with Gasteiger partial charge in [0.15, 0.2) is 0 Å². The molecule has 1 saturated heterocycles. The highest BCUT2D eigenvalue weighted by Gasteiger charge is 2.20. The van der Waals surface area contributed by atoms with Crippen LogP contribution in [-0.4, -0.2) is 23.7 Å². The van der Waals surface area contributed by atoms with Gasteiger partial charge in [0.1, 0.15) is 0 Å². The van der Waals surface area contributed by atoms with Gasteiger partial charge in [-0.25, -0.2) is 0 Å². The number of rotatable bonds is 4. The zero-order valence-corrected chi connectivity index (χ0v) is 9.15. The highest BCUT2D eigenvalue weighted by molar-refractivity contribution is 5.08. The third-order valence-corrected chi connectivity index (χ3v) is 2.77. The van der Waals surface area contributed by atoms with Crippen molar-refractivity contribution in [2.45, 2.75) is 38.5 Å². The fourth-order valence-corrected chi connectivity index (χ4v) is 1.91. The Morgan fingerprint density at radius 2 is 2.20 bits per heavy atom. The molecule has 0 aliphatic carbocycles. The molecular formula is C12H18N2O. The van der Waals surface area contributed by atoms with Crippen molar-refractivity contribution < 1.29 is 4.74 Å². The minimum Gasteiger partial charge on any atom is -0.374 e. The molecule has 2 atom stereocenters. The van der Waals surface area contributed by atoms with E-state index >= 15 is 0 Å². The summed E-state index contributed by atoms with van der Waals surface area (Å²) >= 11 is 0. The first-order valence-corrected chi connectivity index (χ1v) is 5.59. The van der Waals surface area contributed by atoms with Gasteiger partial charge in [0, 0.05) is 25.5 Å². The van der Waals surface area contributed by atoms with Gasteiger partial charge in [-0.2, -0.15) is 0 Å². The smallest absolute Gasteiger partial charge is 0.0704 e. The second-order valence-corrected chi connectivity index (χ2v) is 4.13. The third-order valence-electron chi connectivity index (χ3n) is 2.77. The van der Waals surface area contributed by atoms with Crippen molar-refractivity contribution in [2.24, 2.45) is 0 Å². The average Bonchev–Trinajstić information content (AvgIpc) is 2.66. The molecule has 15 heavy (non-hydrogen) atoms. The molecule has 0 bridgehead atoms. The molecule has 1 N–H and O–H groups in total. The van der Waals surface area contributed by atoms with E-state index in [4.69, 9.17) is 4.74 Å². The number of hydrogen-bond acceptors (Lipinski definition) is 3. The summed E-state index contributed by atoms with van der Waals surface area (Å²) in [7, 11) is 0. The van der Waals surface area contributed by atoms with Crippen molar-refractivity contribution in [1.82, 2.24) is 10.3 Å². The Morgan fingerprint density at radius 1 is 1.40 bits per heavy atom. The van der Waals surface area contributed by atoms with E-state index in [1.165, 1.54) is 18.4 Å². The number of nitrogens with zero attached hydrogens (tertiary/aromatic N) is 1. The van der Waals surface area contributed by atoms with E-state index in [0.717, 1.165) is 13.1 Å². The Labute approximate surface area is 90.9 Å². The maximum absolute atomic E-state index is 5.72. The highest BCUT2D eigenvalue weighted by atomic mass is 16.5. The molecule has 3 nitrogen and oxygen atoms in total. The summed E-state index contributed by atoms with van der Waals surface area (Å²) in [6.45, 7) is 3.99. The van der Waals surface area contributed by atoms with Crippen LogP contribution in [0.1, 0.15) is 25.3 Å². The summed E-state index contributed by atoms with van der Waals surface area (Å²) in [5, 5.41) is 3.41. The molecule has 1 fully saturated rings. The van der Waals surface area contributed by atoms with Crippen LogP contribution in [0.25, 0.3) is 0 Å². The summed E-state index contributed by atoms with van der Waals surface area (Å²) in [5.74, 6) is 0. The molecule has 2 heterocycles. The maximum Gasteiger partial charge on any atom is 0.0704 e. The van der Waals surface area contributed by atoms with Crippen molar-refractivity contribution in [3.63, 3.8) is 0 Å². The predicted octanol–water partition coefficient (Wildman–Crippen LogP) is 1.74. The molecule has 2 rings (SSSR count).